The standard InChI is InChI=1S/C16H17NO2/c1-3-6-12(4-2)11-17-10-9-13-7-5-8-14(15(13)17)16(18)19/h3-10H,11H2,1-2H3,(H,18,19)/b6-3-,12-4+. The van der Waals surface area contributed by atoms with Gasteiger partial charge in [0, 0.05) is 18.1 Å². The number of hydrogen-bond acceptors (Lipinski definition) is 1. The average Bonchev–Trinajstić information content (AvgIpc) is 2.81. The van der Waals surface area contributed by atoms with Crippen LogP contribution in [0.2, 0.25) is 0 Å². The highest BCUT2D eigenvalue weighted by molar-refractivity contribution is 6.02. The molecular weight excluding hydrogens is 238 g/mol. The lowest BCUT2D eigenvalue weighted by Gasteiger charge is -2.08. The molecule has 98 valence electrons. The fraction of sp³-hybridized carbons (Fsp3) is 0.188. The summed E-state index contributed by atoms with van der Waals surface area (Å²) in [4.78, 5) is 11.3. The second-order valence-electron chi connectivity index (χ2n) is 4.36. The van der Waals surface area contributed by atoms with E-state index in [1.54, 1.807) is 12.1 Å². The number of carboxylic acids is 1. The number of allylic oxidation sites excluding steroid dienone is 4. The van der Waals surface area contributed by atoms with Crippen molar-refractivity contribution >= 4 is 16.9 Å². The van der Waals surface area contributed by atoms with Crippen molar-refractivity contribution in [2.24, 2.45) is 0 Å². The van der Waals surface area contributed by atoms with Crippen molar-refractivity contribution in [1.29, 1.82) is 0 Å². The van der Waals surface area contributed by atoms with Crippen molar-refractivity contribution in [3.63, 3.8) is 0 Å². The van der Waals surface area contributed by atoms with Crippen LogP contribution in [0.5, 0.6) is 0 Å². The van der Waals surface area contributed by atoms with Gasteiger partial charge in [0.05, 0.1) is 11.1 Å². The van der Waals surface area contributed by atoms with Gasteiger partial charge in [-0.2, -0.15) is 0 Å². The van der Waals surface area contributed by atoms with Crippen LogP contribution in [-0.2, 0) is 6.54 Å². The number of fused-ring (bicyclic) bond motifs is 1. The maximum Gasteiger partial charge on any atom is 0.337 e. The van der Waals surface area contributed by atoms with Crippen LogP contribution in [0.3, 0.4) is 0 Å². The van der Waals surface area contributed by atoms with Crippen molar-refractivity contribution in [3.8, 4) is 0 Å². The quantitative estimate of drug-likeness (QED) is 0.843. The van der Waals surface area contributed by atoms with Gasteiger partial charge in [-0.25, -0.2) is 4.79 Å². The van der Waals surface area contributed by atoms with Crippen LogP contribution in [0.25, 0.3) is 10.9 Å². The highest BCUT2D eigenvalue weighted by atomic mass is 16.4. The summed E-state index contributed by atoms with van der Waals surface area (Å²) in [5.74, 6) is -0.890. The first-order valence-electron chi connectivity index (χ1n) is 6.26. The number of aromatic carboxylic acids is 1. The fourth-order valence-electron chi connectivity index (χ4n) is 2.22. The number of benzene rings is 1. The molecule has 0 unspecified atom stereocenters. The number of carboxylic acid groups (broad SMARTS) is 1. The Labute approximate surface area is 112 Å². The summed E-state index contributed by atoms with van der Waals surface area (Å²) in [7, 11) is 0. The summed E-state index contributed by atoms with van der Waals surface area (Å²) in [6.07, 6.45) is 7.99. The van der Waals surface area contributed by atoms with Gasteiger partial charge in [-0.15, -0.1) is 0 Å². The Morgan fingerprint density at radius 2 is 2.11 bits per heavy atom. The Bertz CT molecular complexity index is 662. The monoisotopic (exact) mass is 255 g/mol. The maximum absolute atomic E-state index is 11.3. The van der Waals surface area contributed by atoms with E-state index < -0.39 is 5.97 Å². The molecule has 2 aromatic rings. The summed E-state index contributed by atoms with van der Waals surface area (Å²) in [6, 6.07) is 7.30. The zero-order chi connectivity index (χ0) is 13.8. The maximum atomic E-state index is 11.3. The third-order valence-corrected chi connectivity index (χ3v) is 3.12. The van der Waals surface area contributed by atoms with Crippen molar-refractivity contribution < 1.29 is 9.90 Å². The van der Waals surface area contributed by atoms with Crippen LogP contribution in [0.15, 0.2) is 54.3 Å². The third-order valence-electron chi connectivity index (χ3n) is 3.12. The SMILES string of the molecule is C/C=C\C(=C/C)Cn1ccc2cccc(C(=O)O)c21. The largest absolute Gasteiger partial charge is 0.478 e. The van der Waals surface area contributed by atoms with Gasteiger partial charge in [0.1, 0.15) is 0 Å². The molecule has 0 fully saturated rings. The molecule has 3 nitrogen and oxygen atoms in total. The highest BCUT2D eigenvalue weighted by Crippen LogP contribution is 2.21. The molecule has 0 spiro atoms. The minimum atomic E-state index is -0.890. The summed E-state index contributed by atoms with van der Waals surface area (Å²) >= 11 is 0. The van der Waals surface area contributed by atoms with Gasteiger partial charge in [0.15, 0.2) is 0 Å². The molecule has 0 saturated heterocycles. The zero-order valence-corrected chi connectivity index (χ0v) is 11.1. The molecule has 0 radical (unpaired) electrons. The van der Waals surface area contributed by atoms with Crippen LogP contribution in [0.4, 0.5) is 0 Å². The topological polar surface area (TPSA) is 42.2 Å². The predicted octanol–water partition coefficient (Wildman–Crippen LogP) is 3.86. The molecule has 1 aromatic carbocycles. The van der Waals surface area contributed by atoms with Gasteiger partial charge >= 0.3 is 5.97 Å². The Kier molecular flexibility index (Phi) is 3.85. The lowest BCUT2D eigenvalue weighted by Crippen LogP contribution is -2.04. The van der Waals surface area contributed by atoms with Crippen LogP contribution < -0.4 is 0 Å². The van der Waals surface area contributed by atoms with Crippen molar-refractivity contribution in [3.05, 3.63) is 59.8 Å². The van der Waals surface area contributed by atoms with Crippen LogP contribution in [-0.4, -0.2) is 15.6 Å². The first-order chi connectivity index (χ1) is 9.17. The lowest BCUT2D eigenvalue weighted by atomic mass is 10.1. The van der Waals surface area contributed by atoms with E-state index >= 15 is 0 Å². The highest BCUT2D eigenvalue weighted by Gasteiger charge is 2.12. The number of aromatic nitrogens is 1. The van der Waals surface area contributed by atoms with E-state index in [0.717, 1.165) is 16.5 Å². The van der Waals surface area contributed by atoms with E-state index in [1.165, 1.54) is 0 Å². The van der Waals surface area contributed by atoms with E-state index in [-0.39, 0.29) is 0 Å². The van der Waals surface area contributed by atoms with Crippen LogP contribution in [0.1, 0.15) is 24.2 Å². The van der Waals surface area contributed by atoms with Gasteiger partial charge < -0.3 is 9.67 Å². The Morgan fingerprint density at radius 3 is 2.74 bits per heavy atom. The molecular formula is C16H17NO2. The van der Waals surface area contributed by atoms with Crippen molar-refractivity contribution in [2.45, 2.75) is 20.4 Å². The first kappa shape index (κ1) is 13.1. The number of hydrogen-bond donors (Lipinski definition) is 1. The van der Waals surface area contributed by atoms with E-state index in [9.17, 15) is 9.90 Å². The van der Waals surface area contributed by atoms with Gasteiger partial charge in [0.25, 0.3) is 0 Å². The molecule has 0 bridgehead atoms. The number of rotatable bonds is 4. The number of para-hydroxylation sites is 1. The molecule has 1 N–H and O–H groups in total. The molecule has 1 aromatic heterocycles. The number of nitrogens with zero attached hydrogens (tertiary/aromatic N) is 1. The smallest absolute Gasteiger partial charge is 0.337 e. The fourth-order valence-corrected chi connectivity index (χ4v) is 2.22. The van der Waals surface area contributed by atoms with Gasteiger partial charge in [0.2, 0.25) is 0 Å². The number of carbonyl (C=O) groups is 1. The molecule has 0 atom stereocenters. The Hall–Kier alpha value is -2.29. The summed E-state index contributed by atoms with van der Waals surface area (Å²) < 4.78 is 1.98. The van der Waals surface area contributed by atoms with Gasteiger partial charge in [-0.3, -0.25) is 0 Å². The zero-order valence-electron chi connectivity index (χ0n) is 11.1. The molecule has 0 saturated carbocycles. The molecule has 0 amide bonds. The van der Waals surface area contributed by atoms with Gasteiger partial charge in [-0.1, -0.05) is 30.4 Å². The van der Waals surface area contributed by atoms with E-state index in [4.69, 9.17) is 0 Å². The summed E-state index contributed by atoms with van der Waals surface area (Å²) in [5.41, 5.74) is 2.28. The molecule has 0 aliphatic heterocycles. The molecule has 0 aliphatic carbocycles. The Balaban J connectivity index is 2.53. The lowest BCUT2D eigenvalue weighted by molar-refractivity contribution is 0.0698. The minimum absolute atomic E-state index is 0.346. The molecule has 1 heterocycles. The average molecular weight is 255 g/mol. The summed E-state index contributed by atoms with van der Waals surface area (Å²) in [5, 5.41) is 10.2. The van der Waals surface area contributed by atoms with Crippen molar-refractivity contribution in [1.82, 2.24) is 4.57 Å². The van der Waals surface area contributed by atoms with E-state index in [0.29, 0.717) is 12.1 Å². The van der Waals surface area contributed by atoms with Crippen molar-refractivity contribution in [2.75, 3.05) is 0 Å². The second-order valence-corrected chi connectivity index (χ2v) is 4.36. The first-order valence-corrected chi connectivity index (χ1v) is 6.26. The summed E-state index contributed by atoms with van der Waals surface area (Å²) in [6.45, 7) is 4.63. The molecule has 3 heteroatoms. The molecule has 19 heavy (non-hydrogen) atoms. The van der Waals surface area contributed by atoms with Crippen LogP contribution in [0, 0.1) is 0 Å². The van der Waals surface area contributed by atoms with E-state index in [1.807, 2.05) is 55.0 Å². The normalized spacial score (nSPS) is 12.4. The second kappa shape index (κ2) is 5.57. The Morgan fingerprint density at radius 1 is 1.32 bits per heavy atom. The predicted molar refractivity (Wildman–Crippen MR) is 77.5 cm³/mol. The minimum Gasteiger partial charge on any atom is -0.478 e. The molecule has 2 rings (SSSR count). The molecule has 0 aliphatic rings. The van der Waals surface area contributed by atoms with Crippen LogP contribution >= 0.6 is 0 Å². The van der Waals surface area contributed by atoms with Gasteiger partial charge in [-0.05, 0) is 31.6 Å². The van der Waals surface area contributed by atoms with E-state index in [2.05, 4.69) is 0 Å². The third kappa shape index (κ3) is 2.60.